The van der Waals surface area contributed by atoms with Gasteiger partial charge in [-0.2, -0.15) is 8.42 Å². The largest absolute Gasteiger partial charge is 0.477 e. The van der Waals surface area contributed by atoms with E-state index >= 15 is 0 Å². The third kappa shape index (κ3) is 14.3. The van der Waals surface area contributed by atoms with Gasteiger partial charge in [0.15, 0.2) is 4.91 Å². The predicted octanol–water partition coefficient (Wildman–Crippen LogP) is 20.1. The van der Waals surface area contributed by atoms with Crippen molar-refractivity contribution in [3.63, 3.8) is 0 Å². The van der Waals surface area contributed by atoms with Gasteiger partial charge in [-0.05, 0) is 134 Å². The van der Waals surface area contributed by atoms with Crippen LogP contribution in [0.5, 0.6) is 0 Å². The van der Waals surface area contributed by atoms with Crippen molar-refractivity contribution >= 4 is 89.3 Å². The maximum Gasteiger partial charge on any atom is 0.349 e. The first-order valence-corrected chi connectivity index (χ1v) is 32.2. The fraction of sp³-hybridized carbons (Fsp3) is 0.492. The molecular weight excluding hydrogens is 987 g/mol. The number of aryl methyl sites for hydroxylation is 5. The van der Waals surface area contributed by atoms with E-state index in [1.807, 2.05) is 40.1 Å². The van der Waals surface area contributed by atoms with Gasteiger partial charge in [-0.1, -0.05) is 155 Å². The zero-order valence-corrected chi connectivity index (χ0v) is 47.8. The summed E-state index contributed by atoms with van der Waals surface area (Å²) in [5.41, 5.74) is 9.34. The molecule has 2 aromatic carbocycles. The van der Waals surface area contributed by atoms with Crippen LogP contribution in [-0.4, -0.2) is 28.6 Å². The maximum absolute atomic E-state index is 12.2. The molecule has 72 heavy (non-hydrogen) atoms. The lowest BCUT2D eigenvalue weighted by Crippen LogP contribution is -2.11. The lowest BCUT2D eigenvalue weighted by atomic mass is 10.0. The molecule has 0 saturated heterocycles. The highest BCUT2D eigenvalue weighted by atomic mass is 32.2. The van der Waals surface area contributed by atoms with Crippen LogP contribution in [0.2, 0.25) is 0 Å². The summed E-state index contributed by atoms with van der Waals surface area (Å²) in [6.07, 6.45) is 28.7. The van der Waals surface area contributed by atoms with E-state index in [1.165, 1.54) is 170 Å². The molecule has 388 valence electrons. The van der Waals surface area contributed by atoms with Crippen LogP contribution in [0.3, 0.4) is 0 Å². The number of aliphatic carboxylic acids is 1. The monoisotopic (exact) mass is 1070 g/mol. The molecule has 0 unspecified atom stereocenters. The highest BCUT2D eigenvalue weighted by Crippen LogP contribution is 2.50. The summed E-state index contributed by atoms with van der Waals surface area (Å²) in [6, 6.07) is 25.6. The van der Waals surface area contributed by atoms with E-state index in [4.69, 9.17) is 0 Å². The van der Waals surface area contributed by atoms with Gasteiger partial charge in [0.05, 0.1) is 0 Å². The van der Waals surface area contributed by atoms with Crippen molar-refractivity contribution in [2.45, 2.75) is 195 Å². The van der Waals surface area contributed by atoms with Crippen LogP contribution in [-0.2, 0) is 47.1 Å². The Hall–Kier alpha value is -3.84. The summed E-state index contributed by atoms with van der Waals surface area (Å²) >= 11 is 7.20. The minimum Gasteiger partial charge on any atom is -0.477 e. The Morgan fingerprint density at radius 3 is 1.42 bits per heavy atom. The first-order valence-electron chi connectivity index (χ1n) is 27.4. The minimum atomic E-state index is -4.92. The van der Waals surface area contributed by atoms with E-state index in [1.54, 1.807) is 0 Å². The number of aromatic nitrogens is 1. The fourth-order valence-electron chi connectivity index (χ4n) is 10.2. The summed E-state index contributed by atoms with van der Waals surface area (Å²) in [6.45, 7) is 12.4. The van der Waals surface area contributed by atoms with Crippen LogP contribution >= 0.6 is 45.3 Å². The summed E-state index contributed by atoms with van der Waals surface area (Å²) in [5.74, 6) is -1.66. The van der Waals surface area contributed by atoms with Gasteiger partial charge in [0.2, 0.25) is 0 Å². The Labute approximate surface area is 447 Å². The quantitative estimate of drug-likeness (QED) is 0.0249. The van der Waals surface area contributed by atoms with Gasteiger partial charge in [-0.25, -0.2) is 4.79 Å². The van der Waals surface area contributed by atoms with Crippen molar-refractivity contribution in [2.75, 3.05) is 0 Å². The van der Waals surface area contributed by atoms with Gasteiger partial charge in [0.25, 0.3) is 0 Å². The predicted molar refractivity (Wildman–Crippen MR) is 315 cm³/mol. The average Bonchev–Trinajstić information content (AvgIpc) is 4.21. The number of thiophene rings is 4. The highest BCUT2D eigenvalue weighted by molar-refractivity contribution is 7.91. The van der Waals surface area contributed by atoms with E-state index in [-0.39, 0.29) is 0 Å². The molecule has 5 aromatic heterocycles. The number of carbonyl (C=O) groups is 1. The standard InChI is InChI=1S/C61H79NO5S5/c1-6-11-16-21-28-43-37-48(42-56(61(63)64)72(65,66)67)68-58(43)53-40-45(30-23-18-13-8-3)60(70-53)55-41-46(31-24-19-14-9-4)59(71-55)54-39-44(29-22-17-12-7-2)57(69-54)47-34-35-52-50(38-47)49-32-25-26-33-51(49)62(52)36-27-20-15-10-5/h25-26,32-35,37-42H,6-24,27-31,36H2,1-5H3,(H,63,64)(H,65,66,67). The van der Waals surface area contributed by atoms with E-state index in [2.05, 4.69) is 99.8 Å². The Morgan fingerprint density at radius 1 is 0.500 bits per heavy atom. The molecule has 0 saturated carbocycles. The van der Waals surface area contributed by atoms with E-state index in [9.17, 15) is 22.9 Å². The summed E-state index contributed by atoms with van der Waals surface area (Å²) in [7, 11) is -4.92. The molecule has 0 fully saturated rings. The minimum absolute atomic E-state index is 0.518. The number of benzene rings is 2. The topological polar surface area (TPSA) is 96.6 Å². The second-order valence-corrected chi connectivity index (χ2v) is 25.5. The number of hydrogen-bond donors (Lipinski definition) is 2. The molecule has 6 nitrogen and oxygen atoms in total. The molecule has 0 amide bonds. The third-order valence-corrected chi connectivity index (χ3v) is 20.3. The molecule has 0 radical (unpaired) electrons. The first kappa shape index (κ1) is 55.9. The van der Waals surface area contributed by atoms with E-state index < -0.39 is 21.0 Å². The van der Waals surface area contributed by atoms with Gasteiger partial charge in [0.1, 0.15) is 0 Å². The molecule has 0 atom stereocenters. The van der Waals surface area contributed by atoms with Gasteiger partial charge >= 0.3 is 16.1 Å². The third-order valence-electron chi connectivity index (χ3n) is 14.2. The van der Waals surface area contributed by atoms with Crippen molar-refractivity contribution in [2.24, 2.45) is 0 Å². The molecule has 7 aromatic rings. The highest BCUT2D eigenvalue weighted by Gasteiger charge is 2.26. The lowest BCUT2D eigenvalue weighted by molar-refractivity contribution is -0.131. The summed E-state index contributed by atoms with van der Waals surface area (Å²) in [4.78, 5) is 20.5. The normalized spacial score (nSPS) is 12.3. The molecule has 0 bridgehead atoms. The van der Waals surface area contributed by atoms with Crippen LogP contribution in [0.4, 0.5) is 0 Å². The van der Waals surface area contributed by atoms with Gasteiger partial charge in [-0.3, -0.25) is 4.55 Å². The smallest absolute Gasteiger partial charge is 0.349 e. The SMILES string of the molecule is CCCCCCc1cc(-c2sc(-c3sc(-c4sc(C=C(C(=O)O)S(=O)(=O)O)cc4CCCCCC)cc3CCCCCC)cc2CCCCCC)sc1-c1ccc2c(c1)c1ccccc1n2CCCCCC. The Balaban J connectivity index is 1.34. The second kappa shape index (κ2) is 27.6. The maximum atomic E-state index is 12.2. The second-order valence-electron chi connectivity index (χ2n) is 19.9. The van der Waals surface area contributed by atoms with Gasteiger partial charge < -0.3 is 9.67 Å². The Kier molecular flexibility index (Phi) is 21.4. The first-order chi connectivity index (χ1) is 35.0. The summed E-state index contributed by atoms with van der Waals surface area (Å²) in [5, 5.41) is 12.5. The number of carboxylic acid groups (broad SMARTS) is 1. The molecule has 0 spiro atoms. The number of rotatable bonds is 32. The van der Waals surface area contributed by atoms with Crippen molar-refractivity contribution in [1.29, 1.82) is 0 Å². The molecule has 7 rings (SSSR count). The van der Waals surface area contributed by atoms with Gasteiger partial charge in [-0.15, -0.1) is 45.3 Å². The average molecular weight is 1070 g/mol. The van der Waals surface area contributed by atoms with Crippen LogP contribution in [0.15, 0.2) is 71.6 Å². The molecule has 11 heteroatoms. The van der Waals surface area contributed by atoms with Gasteiger partial charge in [0, 0.05) is 67.4 Å². The van der Waals surface area contributed by atoms with Crippen molar-refractivity contribution in [3.8, 4) is 39.7 Å². The Morgan fingerprint density at radius 2 is 0.931 bits per heavy atom. The molecule has 2 N–H and O–H groups in total. The van der Waals surface area contributed by atoms with Crippen LogP contribution in [0.1, 0.15) is 190 Å². The number of fused-ring (bicyclic) bond motifs is 3. The summed E-state index contributed by atoms with van der Waals surface area (Å²) < 4.78 is 36.8. The van der Waals surface area contributed by atoms with E-state index in [0.717, 1.165) is 92.1 Å². The molecule has 0 aliphatic heterocycles. The molecular formula is C61H79NO5S5. The van der Waals surface area contributed by atoms with Crippen LogP contribution in [0.25, 0.3) is 67.6 Å². The number of nitrogens with zero attached hydrogens (tertiary/aromatic N) is 1. The fourth-order valence-corrected chi connectivity index (χ4v) is 16.0. The molecule has 0 aliphatic rings. The number of para-hydroxylation sites is 1. The zero-order chi connectivity index (χ0) is 51.0. The van der Waals surface area contributed by atoms with Crippen LogP contribution < -0.4 is 0 Å². The number of hydrogen-bond acceptors (Lipinski definition) is 7. The number of carboxylic acids is 1. The van der Waals surface area contributed by atoms with Crippen molar-refractivity contribution in [3.05, 3.63) is 98.8 Å². The Bertz CT molecular complexity index is 2990. The molecule has 5 heterocycles. The van der Waals surface area contributed by atoms with Crippen molar-refractivity contribution < 1.29 is 22.9 Å². The lowest BCUT2D eigenvalue weighted by Gasteiger charge is -2.08. The van der Waals surface area contributed by atoms with Crippen LogP contribution in [0, 0.1) is 0 Å². The zero-order valence-electron chi connectivity index (χ0n) is 43.7. The van der Waals surface area contributed by atoms with Crippen molar-refractivity contribution in [1.82, 2.24) is 4.57 Å². The molecule has 0 aliphatic carbocycles. The number of unbranched alkanes of at least 4 members (excludes halogenated alkanes) is 15. The van der Waals surface area contributed by atoms with E-state index in [0.29, 0.717) is 4.88 Å².